The molecule has 25 heavy (non-hydrogen) atoms. The van der Waals surface area contributed by atoms with Gasteiger partial charge in [-0.15, -0.1) is 0 Å². The lowest BCUT2D eigenvalue weighted by Gasteiger charge is -2.43. The standard InChI is InChI=1S/C23H42O2/c1-10-18-13-17(4)14-19(15-18)16-23(11-2,12-3)25-20(24)22(8,9)21(5,6)7/h18-19H,4,10-16H2,1-3,5-9H3. The van der Waals surface area contributed by atoms with Crippen LogP contribution in [0, 0.1) is 22.7 Å². The number of rotatable bonds is 7. The summed E-state index contributed by atoms with van der Waals surface area (Å²) in [6.07, 6.45) is 7.48. The molecule has 0 aromatic rings. The van der Waals surface area contributed by atoms with Crippen LogP contribution < -0.4 is 0 Å². The summed E-state index contributed by atoms with van der Waals surface area (Å²) in [5.74, 6) is 1.29. The Bertz CT molecular complexity index is 463. The van der Waals surface area contributed by atoms with Crippen molar-refractivity contribution in [2.24, 2.45) is 22.7 Å². The van der Waals surface area contributed by atoms with Gasteiger partial charge in [-0.05, 0) is 69.6 Å². The topological polar surface area (TPSA) is 26.3 Å². The third-order valence-corrected chi connectivity index (χ3v) is 7.04. The minimum absolute atomic E-state index is 0.0506. The van der Waals surface area contributed by atoms with Gasteiger partial charge in [0.1, 0.15) is 5.60 Å². The first-order chi connectivity index (χ1) is 11.4. The van der Waals surface area contributed by atoms with Gasteiger partial charge in [0, 0.05) is 0 Å². The Morgan fingerprint density at radius 1 is 1.04 bits per heavy atom. The van der Waals surface area contributed by atoms with E-state index < -0.39 is 5.41 Å². The van der Waals surface area contributed by atoms with Crippen molar-refractivity contribution in [2.45, 2.75) is 106 Å². The first-order valence-electron chi connectivity index (χ1n) is 10.3. The molecule has 0 amide bonds. The third kappa shape index (κ3) is 5.34. The molecule has 1 fully saturated rings. The van der Waals surface area contributed by atoms with Crippen molar-refractivity contribution < 1.29 is 9.53 Å². The second-order valence-corrected chi connectivity index (χ2v) is 9.89. The van der Waals surface area contributed by atoms with Crippen molar-refractivity contribution in [3.63, 3.8) is 0 Å². The Labute approximate surface area is 156 Å². The number of hydrogen-bond acceptors (Lipinski definition) is 2. The monoisotopic (exact) mass is 350 g/mol. The van der Waals surface area contributed by atoms with Crippen molar-refractivity contribution in [2.75, 3.05) is 0 Å². The van der Waals surface area contributed by atoms with E-state index in [2.05, 4.69) is 48.1 Å². The molecule has 0 N–H and O–H groups in total. The van der Waals surface area contributed by atoms with E-state index in [1.54, 1.807) is 0 Å². The molecule has 1 aliphatic carbocycles. The number of allylic oxidation sites excluding steroid dienone is 1. The summed E-state index contributed by atoms with van der Waals surface area (Å²) in [4.78, 5) is 13.0. The maximum Gasteiger partial charge on any atom is 0.312 e. The zero-order valence-electron chi connectivity index (χ0n) is 18.1. The third-order valence-electron chi connectivity index (χ3n) is 7.04. The maximum atomic E-state index is 13.0. The van der Waals surface area contributed by atoms with Crippen molar-refractivity contribution >= 4 is 5.97 Å². The van der Waals surface area contributed by atoms with Crippen LogP contribution in [0.4, 0.5) is 0 Å². The second-order valence-electron chi connectivity index (χ2n) is 9.89. The molecule has 146 valence electrons. The molecule has 2 nitrogen and oxygen atoms in total. The highest BCUT2D eigenvalue weighted by atomic mass is 16.6. The highest BCUT2D eigenvalue weighted by molar-refractivity contribution is 5.77. The number of carbonyl (C=O) groups is 1. The van der Waals surface area contributed by atoms with Gasteiger partial charge < -0.3 is 4.74 Å². The van der Waals surface area contributed by atoms with Crippen molar-refractivity contribution in [1.82, 2.24) is 0 Å². The summed E-state index contributed by atoms with van der Waals surface area (Å²) in [5, 5.41) is 0. The smallest absolute Gasteiger partial charge is 0.312 e. The Morgan fingerprint density at radius 3 is 2.00 bits per heavy atom. The molecule has 0 heterocycles. The molecule has 2 atom stereocenters. The highest BCUT2D eigenvalue weighted by Gasteiger charge is 2.45. The SMILES string of the molecule is C=C1CC(CC)CC(CC(CC)(CC)OC(=O)C(C)(C)C(C)(C)C)C1. The van der Waals surface area contributed by atoms with Gasteiger partial charge in [-0.25, -0.2) is 0 Å². The maximum absolute atomic E-state index is 13.0. The van der Waals surface area contributed by atoms with Crippen molar-refractivity contribution in [3.8, 4) is 0 Å². The van der Waals surface area contributed by atoms with Gasteiger partial charge in [-0.2, -0.15) is 0 Å². The summed E-state index contributed by atoms with van der Waals surface area (Å²) >= 11 is 0. The van der Waals surface area contributed by atoms with E-state index in [0.717, 1.165) is 31.6 Å². The fourth-order valence-electron chi connectivity index (χ4n) is 3.89. The molecule has 2 unspecified atom stereocenters. The molecule has 0 aromatic heterocycles. The van der Waals surface area contributed by atoms with Gasteiger partial charge in [-0.1, -0.05) is 60.1 Å². The summed E-state index contributed by atoms with van der Waals surface area (Å²) in [5.41, 5.74) is 0.430. The van der Waals surface area contributed by atoms with Crippen LogP contribution in [0.2, 0.25) is 0 Å². The first-order valence-corrected chi connectivity index (χ1v) is 10.3. The molecular formula is C23H42O2. The quantitative estimate of drug-likeness (QED) is 0.367. The molecular weight excluding hydrogens is 308 g/mol. The Kier molecular flexibility index (Phi) is 7.36. The molecule has 0 bridgehead atoms. The molecule has 1 saturated carbocycles. The van der Waals surface area contributed by atoms with Crippen LogP contribution >= 0.6 is 0 Å². The summed E-state index contributed by atoms with van der Waals surface area (Å²) < 4.78 is 6.27. The summed E-state index contributed by atoms with van der Waals surface area (Å²) in [6.45, 7) is 21.2. The fourth-order valence-corrected chi connectivity index (χ4v) is 3.89. The van der Waals surface area contributed by atoms with Crippen LogP contribution in [-0.2, 0) is 9.53 Å². The molecule has 2 heteroatoms. The number of carbonyl (C=O) groups excluding carboxylic acids is 1. The van der Waals surface area contributed by atoms with Crippen LogP contribution in [0.3, 0.4) is 0 Å². The number of hydrogen-bond donors (Lipinski definition) is 0. The van der Waals surface area contributed by atoms with E-state index in [0.29, 0.717) is 5.92 Å². The van der Waals surface area contributed by atoms with Crippen LogP contribution in [0.5, 0.6) is 0 Å². The van der Waals surface area contributed by atoms with Crippen LogP contribution in [0.15, 0.2) is 12.2 Å². The fraction of sp³-hybridized carbons (Fsp3) is 0.870. The zero-order valence-corrected chi connectivity index (χ0v) is 18.1. The van der Waals surface area contributed by atoms with E-state index in [9.17, 15) is 4.79 Å². The van der Waals surface area contributed by atoms with Gasteiger partial charge in [0.25, 0.3) is 0 Å². The van der Waals surface area contributed by atoms with E-state index in [-0.39, 0.29) is 17.0 Å². The van der Waals surface area contributed by atoms with Crippen molar-refractivity contribution in [3.05, 3.63) is 12.2 Å². The van der Waals surface area contributed by atoms with Crippen molar-refractivity contribution in [1.29, 1.82) is 0 Å². The normalized spacial score (nSPS) is 22.8. The van der Waals surface area contributed by atoms with Gasteiger partial charge in [0.2, 0.25) is 0 Å². The second kappa shape index (κ2) is 8.27. The zero-order chi connectivity index (χ0) is 19.5. The van der Waals surface area contributed by atoms with E-state index in [4.69, 9.17) is 4.74 Å². The predicted molar refractivity (Wildman–Crippen MR) is 108 cm³/mol. The van der Waals surface area contributed by atoms with Gasteiger partial charge in [0.05, 0.1) is 5.41 Å². The van der Waals surface area contributed by atoms with Gasteiger partial charge in [0.15, 0.2) is 0 Å². The summed E-state index contributed by atoms with van der Waals surface area (Å²) in [7, 11) is 0. The molecule has 1 rings (SSSR count). The lowest BCUT2D eigenvalue weighted by Crippen LogP contribution is -2.45. The van der Waals surface area contributed by atoms with E-state index in [1.165, 1.54) is 24.8 Å². The lowest BCUT2D eigenvalue weighted by atomic mass is 9.69. The highest BCUT2D eigenvalue weighted by Crippen LogP contribution is 2.44. The number of ether oxygens (including phenoxy) is 1. The molecule has 0 spiro atoms. The average molecular weight is 351 g/mol. The molecule has 0 saturated heterocycles. The average Bonchev–Trinajstić information content (AvgIpc) is 2.52. The predicted octanol–water partition coefficient (Wildman–Crippen LogP) is 6.93. The van der Waals surface area contributed by atoms with Crippen LogP contribution in [0.1, 0.15) is 100 Å². The minimum Gasteiger partial charge on any atom is -0.459 e. The Balaban J connectivity index is 2.93. The lowest BCUT2D eigenvalue weighted by molar-refractivity contribution is -0.180. The summed E-state index contributed by atoms with van der Waals surface area (Å²) in [6, 6.07) is 0. The molecule has 1 aliphatic rings. The van der Waals surface area contributed by atoms with E-state index in [1.807, 2.05) is 13.8 Å². The Morgan fingerprint density at radius 2 is 1.56 bits per heavy atom. The largest absolute Gasteiger partial charge is 0.459 e. The first kappa shape index (κ1) is 22.3. The minimum atomic E-state index is -0.495. The van der Waals surface area contributed by atoms with Crippen LogP contribution in [-0.4, -0.2) is 11.6 Å². The van der Waals surface area contributed by atoms with Crippen LogP contribution in [0.25, 0.3) is 0 Å². The van der Waals surface area contributed by atoms with Gasteiger partial charge in [-0.3, -0.25) is 4.79 Å². The molecule has 0 aromatic carbocycles. The molecule has 0 aliphatic heterocycles. The van der Waals surface area contributed by atoms with E-state index >= 15 is 0 Å². The van der Waals surface area contributed by atoms with Gasteiger partial charge >= 0.3 is 5.97 Å². The Hall–Kier alpha value is -0.790. The molecule has 0 radical (unpaired) electrons. The number of esters is 1.